The van der Waals surface area contributed by atoms with E-state index in [4.69, 9.17) is 9.47 Å². The normalized spacial score (nSPS) is 11.1. The topological polar surface area (TPSA) is 138 Å². The lowest BCUT2D eigenvalue weighted by Gasteiger charge is -2.12. The molecule has 0 aliphatic heterocycles. The van der Waals surface area contributed by atoms with Crippen LogP contribution in [0, 0.1) is 15.9 Å². The van der Waals surface area contributed by atoms with Gasteiger partial charge in [-0.3, -0.25) is 19.7 Å². The standard InChI is InChI=1S/C28H25BrFN5O6/c1-3-4-5-25-33-22-11-6-18(29)14-21(22)28(37)34(25)31-15-17-12-23(35(38)39)27(24(13-17)40-2)41-16-26(36)32-20-9-7-19(30)8-10-20/h6-15H,3-5,16H2,1-2H3,(H,32,36). The molecule has 4 rings (SSSR count). The number of carbonyl (C=O) groups excluding carboxylic acids is 1. The van der Waals surface area contributed by atoms with Crippen LogP contribution < -0.4 is 20.3 Å². The zero-order valence-electron chi connectivity index (χ0n) is 22.1. The van der Waals surface area contributed by atoms with Gasteiger partial charge in [0.2, 0.25) is 5.75 Å². The van der Waals surface area contributed by atoms with Crippen molar-refractivity contribution in [3.05, 3.63) is 96.7 Å². The van der Waals surface area contributed by atoms with E-state index in [1.807, 2.05) is 6.92 Å². The fourth-order valence-corrected chi connectivity index (χ4v) is 4.28. The van der Waals surface area contributed by atoms with E-state index in [-0.39, 0.29) is 22.6 Å². The number of benzene rings is 3. The van der Waals surface area contributed by atoms with Crippen LogP contribution in [0.25, 0.3) is 10.9 Å². The molecule has 1 heterocycles. The maximum absolute atomic E-state index is 13.3. The van der Waals surface area contributed by atoms with Crippen LogP contribution in [0.1, 0.15) is 31.2 Å². The van der Waals surface area contributed by atoms with Crippen LogP contribution in [0.2, 0.25) is 0 Å². The first-order chi connectivity index (χ1) is 19.7. The number of fused-ring (bicyclic) bond motifs is 1. The molecule has 0 atom stereocenters. The zero-order chi connectivity index (χ0) is 29.5. The van der Waals surface area contributed by atoms with Crippen molar-refractivity contribution in [1.82, 2.24) is 9.66 Å². The first kappa shape index (κ1) is 29.3. The summed E-state index contributed by atoms with van der Waals surface area (Å²) in [5, 5.41) is 19.1. The molecule has 0 bridgehead atoms. The highest BCUT2D eigenvalue weighted by molar-refractivity contribution is 9.10. The quantitative estimate of drug-likeness (QED) is 0.133. The first-order valence-electron chi connectivity index (χ1n) is 12.5. The lowest BCUT2D eigenvalue weighted by atomic mass is 10.2. The molecular formula is C28H25BrFN5O6. The molecule has 41 heavy (non-hydrogen) atoms. The predicted octanol–water partition coefficient (Wildman–Crippen LogP) is 5.46. The van der Waals surface area contributed by atoms with Gasteiger partial charge in [-0.15, -0.1) is 0 Å². The van der Waals surface area contributed by atoms with Crippen LogP contribution in [-0.2, 0) is 11.2 Å². The minimum absolute atomic E-state index is 0.0191. The molecule has 1 aromatic heterocycles. The first-order valence-corrected chi connectivity index (χ1v) is 13.3. The molecule has 3 aromatic carbocycles. The highest BCUT2D eigenvalue weighted by Crippen LogP contribution is 2.38. The Morgan fingerprint density at radius 1 is 1.22 bits per heavy atom. The molecule has 1 amide bonds. The van der Waals surface area contributed by atoms with Gasteiger partial charge in [0.05, 0.1) is 29.2 Å². The van der Waals surface area contributed by atoms with E-state index in [1.54, 1.807) is 18.2 Å². The van der Waals surface area contributed by atoms with E-state index >= 15 is 0 Å². The molecule has 0 saturated carbocycles. The molecule has 212 valence electrons. The summed E-state index contributed by atoms with van der Waals surface area (Å²) >= 11 is 3.37. The SMILES string of the molecule is CCCCc1nc2ccc(Br)cc2c(=O)n1N=Cc1cc(OC)c(OCC(=O)Nc2ccc(F)cc2)c([N+](=O)[O-])c1. The maximum atomic E-state index is 13.3. The number of unbranched alkanes of at least 4 members (excludes halogenated alkanes) is 1. The smallest absolute Gasteiger partial charge is 0.315 e. The number of hydrogen-bond acceptors (Lipinski definition) is 8. The molecule has 0 fully saturated rings. The number of methoxy groups -OCH3 is 1. The van der Waals surface area contributed by atoms with Gasteiger partial charge in [-0.05, 0) is 55.0 Å². The monoisotopic (exact) mass is 625 g/mol. The van der Waals surface area contributed by atoms with Gasteiger partial charge in [0.15, 0.2) is 12.4 Å². The number of aryl methyl sites for hydroxylation is 1. The molecule has 0 radical (unpaired) electrons. The average molecular weight is 626 g/mol. The minimum atomic E-state index is -0.680. The molecule has 11 nitrogen and oxygen atoms in total. The van der Waals surface area contributed by atoms with Gasteiger partial charge >= 0.3 is 5.69 Å². The van der Waals surface area contributed by atoms with Crippen LogP contribution in [0.4, 0.5) is 15.8 Å². The van der Waals surface area contributed by atoms with Crippen molar-refractivity contribution in [2.45, 2.75) is 26.2 Å². The largest absolute Gasteiger partial charge is 0.493 e. The predicted molar refractivity (Wildman–Crippen MR) is 155 cm³/mol. The van der Waals surface area contributed by atoms with Crippen molar-refractivity contribution in [2.24, 2.45) is 5.10 Å². The number of nitro benzene ring substituents is 1. The molecular weight excluding hydrogens is 601 g/mol. The van der Waals surface area contributed by atoms with Crippen molar-refractivity contribution in [3.63, 3.8) is 0 Å². The van der Waals surface area contributed by atoms with Crippen molar-refractivity contribution in [2.75, 3.05) is 19.0 Å². The molecule has 0 spiro atoms. The third kappa shape index (κ3) is 7.11. The minimum Gasteiger partial charge on any atom is -0.493 e. The number of nitrogens with one attached hydrogen (secondary N) is 1. The van der Waals surface area contributed by atoms with Gasteiger partial charge in [-0.2, -0.15) is 9.78 Å². The van der Waals surface area contributed by atoms with Gasteiger partial charge in [0, 0.05) is 28.2 Å². The molecule has 0 unspecified atom stereocenters. The molecule has 4 aromatic rings. The number of rotatable bonds is 11. The Balaban J connectivity index is 1.65. The number of carbonyl (C=O) groups is 1. The van der Waals surface area contributed by atoms with Gasteiger partial charge in [-0.1, -0.05) is 29.3 Å². The molecule has 0 aliphatic rings. The summed E-state index contributed by atoms with van der Waals surface area (Å²) < 4.78 is 25.8. The molecule has 0 aliphatic carbocycles. The lowest BCUT2D eigenvalue weighted by molar-refractivity contribution is -0.385. The van der Waals surface area contributed by atoms with E-state index in [0.717, 1.165) is 12.8 Å². The van der Waals surface area contributed by atoms with Crippen molar-refractivity contribution in [1.29, 1.82) is 0 Å². The summed E-state index contributed by atoms with van der Waals surface area (Å²) in [4.78, 5) is 41.5. The number of halogens is 2. The number of nitro groups is 1. The summed E-state index contributed by atoms with van der Waals surface area (Å²) in [7, 11) is 1.30. The van der Waals surface area contributed by atoms with Crippen LogP contribution in [0.5, 0.6) is 11.5 Å². The highest BCUT2D eigenvalue weighted by Gasteiger charge is 2.23. The van der Waals surface area contributed by atoms with Crippen LogP contribution in [-0.4, -0.2) is 40.4 Å². The maximum Gasteiger partial charge on any atom is 0.315 e. The number of amides is 1. The van der Waals surface area contributed by atoms with Crippen molar-refractivity contribution >= 4 is 50.3 Å². The van der Waals surface area contributed by atoms with Crippen LogP contribution in [0.15, 0.2) is 69.0 Å². The fraction of sp³-hybridized carbons (Fsp3) is 0.214. The van der Waals surface area contributed by atoms with Gasteiger partial charge in [0.1, 0.15) is 11.6 Å². The number of anilines is 1. The average Bonchev–Trinajstić information content (AvgIpc) is 2.95. The van der Waals surface area contributed by atoms with E-state index in [2.05, 4.69) is 31.3 Å². The second-order valence-corrected chi connectivity index (χ2v) is 9.74. The highest BCUT2D eigenvalue weighted by atomic mass is 79.9. The number of ether oxygens (including phenoxy) is 2. The van der Waals surface area contributed by atoms with Gasteiger partial charge in [-0.25, -0.2) is 9.37 Å². The van der Waals surface area contributed by atoms with Crippen molar-refractivity contribution in [3.8, 4) is 11.5 Å². The Morgan fingerprint density at radius 3 is 2.66 bits per heavy atom. The summed E-state index contributed by atoms with van der Waals surface area (Å²) in [6.45, 7) is 1.45. The summed E-state index contributed by atoms with van der Waals surface area (Å²) in [5.41, 5.74) is 0.265. The van der Waals surface area contributed by atoms with E-state index in [0.29, 0.717) is 33.3 Å². The third-order valence-corrected chi connectivity index (χ3v) is 6.39. The molecule has 13 heteroatoms. The Hall–Kier alpha value is -4.65. The van der Waals surface area contributed by atoms with E-state index in [1.165, 1.54) is 54.4 Å². The Kier molecular flexibility index (Phi) is 9.40. The summed E-state index contributed by atoms with van der Waals surface area (Å²) in [5.74, 6) is -0.906. The van der Waals surface area contributed by atoms with E-state index in [9.17, 15) is 24.1 Å². The Bertz CT molecular complexity index is 1690. The van der Waals surface area contributed by atoms with E-state index < -0.39 is 28.9 Å². The molecule has 1 N–H and O–H groups in total. The fourth-order valence-electron chi connectivity index (χ4n) is 3.92. The molecule has 0 saturated heterocycles. The van der Waals surface area contributed by atoms with Crippen LogP contribution in [0.3, 0.4) is 0 Å². The number of nitrogens with zero attached hydrogens (tertiary/aromatic N) is 4. The Morgan fingerprint density at radius 2 is 1.98 bits per heavy atom. The van der Waals surface area contributed by atoms with Gasteiger partial charge in [0.25, 0.3) is 11.5 Å². The Labute approximate surface area is 241 Å². The van der Waals surface area contributed by atoms with Crippen LogP contribution >= 0.6 is 15.9 Å². The number of hydrogen-bond donors (Lipinski definition) is 1. The zero-order valence-corrected chi connectivity index (χ0v) is 23.7. The second kappa shape index (κ2) is 13.1. The summed E-state index contributed by atoms with van der Waals surface area (Å²) in [6, 6.07) is 12.9. The third-order valence-electron chi connectivity index (χ3n) is 5.90. The second-order valence-electron chi connectivity index (χ2n) is 8.83. The van der Waals surface area contributed by atoms with Gasteiger partial charge < -0.3 is 14.8 Å². The number of aromatic nitrogens is 2. The summed E-state index contributed by atoms with van der Waals surface area (Å²) in [6.07, 6.45) is 3.46. The van der Waals surface area contributed by atoms with Crippen molar-refractivity contribution < 1.29 is 23.6 Å². The lowest BCUT2D eigenvalue weighted by Crippen LogP contribution is -2.22.